The molecule has 0 N–H and O–H groups in total. The number of aromatic nitrogens is 2. The lowest BCUT2D eigenvalue weighted by atomic mass is 10.1. The Morgan fingerprint density at radius 2 is 2.14 bits per heavy atom. The van der Waals surface area contributed by atoms with Gasteiger partial charge < -0.3 is 9.64 Å². The van der Waals surface area contributed by atoms with E-state index in [1.54, 1.807) is 4.68 Å². The number of hydrogen-bond donors (Lipinski definition) is 0. The summed E-state index contributed by atoms with van der Waals surface area (Å²) < 4.78 is 7.47. The number of para-hydroxylation sites is 1. The molecule has 1 aromatic carbocycles. The highest BCUT2D eigenvalue weighted by Gasteiger charge is 2.28. The number of nitrogens with zero attached hydrogens (tertiary/aromatic N) is 3. The fourth-order valence-electron chi connectivity index (χ4n) is 2.64. The molecule has 2 aromatic rings. The molecule has 1 amide bonds. The van der Waals surface area contributed by atoms with Crippen molar-refractivity contribution >= 4 is 5.91 Å². The molecule has 0 fully saturated rings. The second-order valence-corrected chi connectivity index (χ2v) is 5.54. The van der Waals surface area contributed by atoms with Gasteiger partial charge in [-0.05, 0) is 19.9 Å². The third kappa shape index (κ3) is 2.51. The van der Waals surface area contributed by atoms with Crippen LogP contribution < -0.4 is 4.74 Å². The molecule has 1 aliphatic heterocycles. The van der Waals surface area contributed by atoms with E-state index >= 15 is 0 Å². The van der Waals surface area contributed by atoms with Gasteiger partial charge in [0.2, 0.25) is 0 Å². The second-order valence-electron chi connectivity index (χ2n) is 5.54. The van der Waals surface area contributed by atoms with E-state index in [0.29, 0.717) is 18.8 Å². The highest BCUT2D eigenvalue weighted by molar-refractivity contribution is 5.93. The van der Waals surface area contributed by atoms with Crippen LogP contribution in [0.5, 0.6) is 5.75 Å². The summed E-state index contributed by atoms with van der Waals surface area (Å²) in [4.78, 5) is 14.6. The van der Waals surface area contributed by atoms with Crippen LogP contribution in [-0.2, 0) is 13.6 Å². The first-order valence-corrected chi connectivity index (χ1v) is 7.08. The molecule has 3 rings (SSSR count). The van der Waals surface area contributed by atoms with Gasteiger partial charge in [0.1, 0.15) is 12.4 Å². The van der Waals surface area contributed by atoms with Crippen LogP contribution in [-0.4, -0.2) is 33.2 Å². The molecule has 2 heterocycles. The van der Waals surface area contributed by atoms with Crippen molar-refractivity contribution in [2.24, 2.45) is 7.05 Å². The highest BCUT2D eigenvalue weighted by Crippen LogP contribution is 2.26. The molecule has 5 heteroatoms. The number of aryl methyl sites for hydroxylation is 2. The molecule has 0 radical (unpaired) electrons. The molecule has 21 heavy (non-hydrogen) atoms. The molecule has 1 aliphatic rings. The number of ether oxygens (including phenoxy) is 1. The normalized spacial score (nSPS) is 17.9. The van der Waals surface area contributed by atoms with Gasteiger partial charge >= 0.3 is 0 Å². The lowest BCUT2D eigenvalue weighted by molar-refractivity contribution is 0.0638. The summed E-state index contributed by atoms with van der Waals surface area (Å²) in [6.45, 7) is 4.95. The minimum absolute atomic E-state index is 0.00584. The van der Waals surface area contributed by atoms with Crippen LogP contribution in [0.2, 0.25) is 0 Å². The zero-order chi connectivity index (χ0) is 15.0. The summed E-state index contributed by atoms with van der Waals surface area (Å²) in [7, 11) is 1.83. The van der Waals surface area contributed by atoms with Crippen molar-refractivity contribution in [1.82, 2.24) is 14.7 Å². The molecule has 0 aliphatic carbocycles. The van der Waals surface area contributed by atoms with Crippen LogP contribution in [0.15, 0.2) is 30.5 Å². The number of rotatable bonds is 1. The lowest BCUT2D eigenvalue weighted by Gasteiger charge is -2.25. The van der Waals surface area contributed by atoms with Gasteiger partial charge in [0.05, 0.1) is 12.6 Å². The van der Waals surface area contributed by atoms with Crippen LogP contribution in [0.25, 0.3) is 0 Å². The second kappa shape index (κ2) is 5.24. The number of fused-ring (bicyclic) bond motifs is 1. The number of amides is 1. The molecular weight excluding hydrogens is 266 g/mol. The van der Waals surface area contributed by atoms with Crippen molar-refractivity contribution in [3.8, 4) is 5.75 Å². The van der Waals surface area contributed by atoms with Gasteiger partial charge in [-0.2, -0.15) is 5.10 Å². The van der Waals surface area contributed by atoms with Crippen LogP contribution in [0.3, 0.4) is 0 Å². The third-order valence-electron chi connectivity index (χ3n) is 3.80. The monoisotopic (exact) mass is 285 g/mol. The molecule has 1 aromatic heterocycles. The van der Waals surface area contributed by atoms with Crippen LogP contribution in [0.1, 0.15) is 28.5 Å². The lowest BCUT2D eigenvalue weighted by Crippen LogP contribution is -2.40. The number of hydrogen-bond acceptors (Lipinski definition) is 3. The Morgan fingerprint density at radius 3 is 2.86 bits per heavy atom. The zero-order valence-electron chi connectivity index (χ0n) is 12.5. The van der Waals surface area contributed by atoms with E-state index in [1.165, 1.54) is 0 Å². The Balaban J connectivity index is 1.93. The maximum absolute atomic E-state index is 12.8. The van der Waals surface area contributed by atoms with E-state index in [2.05, 4.69) is 5.10 Å². The largest absolute Gasteiger partial charge is 0.491 e. The minimum atomic E-state index is -0.0408. The van der Waals surface area contributed by atoms with Gasteiger partial charge in [-0.15, -0.1) is 0 Å². The predicted molar refractivity (Wildman–Crippen MR) is 79.2 cm³/mol. The Labute approximate surface area is 124 Å². The summed E-state index contributed by atoms with van der Waals surface area (Å²) in [5.74, 6) is 0.818. The molecule has 5 nitrogen and oxygen atoms in total. The van der Waals surface area contributed by atoms with E-state index in [0.717, 1.165) is 16.9 Å². The average molecular weight is 285 g/mol. The first-order valence-electron chi connectivity index (χ1n) is 7.08. The zero-order valence-corrected chi connectivity index (χ0v) is 12.5. The third-order valence-corrected chi connectivity index (χ3v) is 3.80. The summed E-state index contributed by atoms with van der Waals surface area (Å²) in [5, 5.41) is 4.29. The van der Waals surface area contributed by atoms with Gasteiger partial charge in [-0.1, -0.05) is 18.2 Å². The molecule has 0 saturated heterocycles. The van der Waals surface area contributed by atoms with Crippen LogP contribution in [0, 0.1) is 6.92 Å². The van der Waals surface area contributed by atoms with Gasteiger partial charge in [0.25, 0.3) is 5.91 Å². The Hall–Kier alpha value is -2.30. The maximum atomic E-state index is 12.8. The Morgan fingerprint density at radius 1 is 1.38 bits per heavy atom. The molecular formula is C16H19N3O2. The fourth-order valence-corrected chi connectivity index (χ4v) is 2.64. The summed E-state index contributed by atoms with van der Waals surface area (Å²) in [6, 6.07) is 7.86. The quantitative estimate of drug-likeness (QED) is 0.806. The molecule has 1 atom stereocenters. The van der Waals surface area contributed by atoms with E-state index < -0.39 is 0 Å². The van der Waals surface area contributed by atoms with Crippen molar-refractivity contribution in [1.29, 1.82) is 0 Å². The molecule has 0 spiro atoms. The van der Waals surface area contributed by atoms with Crippen LogP contribution in [0.4, 0.5) is 0 Å². The Kier molecular flexibility index (Phi) is 3.41. The van der Waals surface area contributed by atoms with E-state index in [1.807, 2.05) is 56.3 Å². The summed E-state index contributed by atoms with van der Waals surface area (Å²) in [5.41, 5.74) is 2.45. The highest BCUT2D eigenvalue weighted by atomic mass is 16.5. The fraction of sp³-hybridized carbons (Fsp3) is 0.375. The van der Waals surface area contributed by atoms with Gasteiger partial charge in [-0.3, -0.25) is 9.48 Å². The van der Waals surface area contributed by atoms with E-state index in [-0.39, 0.29) is 11.9 Å². The summed E-state index contributed by atoms with van der Waals surface area (Å²) >= 11 is 0. The van der Waals surface area contributed by atoms with Crippen molar-refractivity contribution in [2.75, 3.05) is 6.61 Å². The standard InChI is InChI=1S/C16H19N3O2/c1-11-8-18(3)17-15(11)16(20)19-9-13-6-4-5-7-14(13)21-10-12(19)2/h4-8,12H,9-10H2,1-3H3. The number of benzene rings is 1. The van der Waals surface area contributed by atoms with Crippen molar-refractivity contribution < 1.29 is 9.53 Å². The van der Waals surface area contributed by atoms with Gasteiger partial charge in [-0.25, -0.2) is 0 Å². The topological polar surface area (TPSA) is 47.4 Å². The summed E-state index contributed by atoms with van der Waals surface area (Å²) in [6.07, 6.45) is 1.86. The molecule has 1 unspecified atom stereocenters. The van der Waals surface area contributed by atoms with E-state index in [9.17, 15) is 4.79 Å². The first kappa shape index (κ1) is 13.7. The maximum Gasteiger partial charge on any atom is 0.275 e. The van der Waals surface area contributed by atoms with Crippen molar-refractivity contribution in [3.05, 3.63) is 47.3 Å². The van der Waals surface area contributed by atoms with Gasteiger partial charge in [0, 0.05) is 24.4 Å². The van der Waals surface area contributed by atoms with E-state index in [4.69, 9.17) is 4.74 Å². The average Bonchev–Trinajstić information content (AvgIpc) is 2.71. The van der Waals surface area contributed by atoms with Crippen LogP contribution >= 0.6 is 0 Å². The SMILES string of the molecule is Cc1cn(C)nc1C(=O)N1Cc2ccccc2OCC1C. The molecule has 0 saturated carbocycles. The minimum Gasteiger partial charge on any atom is -0.491 e. The predicted octanol–water partition coefficient (Wildman–Crippen LogP) is 2.15. The first-order chi connectivity index (χ1) is 10.1. The smallest absolute Gasteiger partial charge is 0.275 e. The van der Waals surface area contributed by atoms with Gasteiger partial charge in [0.15, 0.2) is 5.69 Å². The number of carbonyl (C=O) groups is 1. The van der Waals surface area contributed by atoms with Crippen molar-refractivity contribution in [2.45, 2.75) is 26.4 Å². The molecule has 0 bridgehead atoms. The Bertz CT molecular complexity index is 678. The number of carbonyl (C=O) groups excluding carboxylic acids is 1. The van der Waals surface area contributed by atoms with Crippen molar-refractivity contribution in [3.63, 3.8) is 0 Å². The molecule has 110 valence electrons.